The molecule has 1 aliphatic rings. The van der Waals surface area contributed by atoms with Crippen molar-refractivity contribution in [3.63, 3.8) is 0 Å². The van der Waals surface area contributed by atoms with Crippen LogP contribution in [0.1, 0.15) is 23.3 Å². The molecule has 2 aromatic rings. The van der Waals surface area contributed by atoms with Gasteiger partial charge in [0.05, 0.1) is 5.51 Å². The number of nitrogens with zero attached hydrogens (tertiary/aromatic N) is 3. The molecule has 3 heterocycles. The highest BCUT2D eigenvalue weighted by Gasteiger charge is 2.24. The molecule has 3 rings (SSSR count). The first kappa shape index (κ1) is 13.7. The van der Waals surface area contributed by atoms with Crippen molar-refractivity contribution < 1.29 is 4.79 Å². The number of nitrogens with one attached hydrogen (secondary N) is 2. The third-order valence-corrected chi connectivity index (χ3v) is 4.00. The van der Waals surface area contributed by atoms with Crippen LogP contribution in [0, 0.1) is 0 Å². The number of aromatic amines is 1. The lowest BCUT2D eigenvalue weighted by Gasteiger charge is -2.33. The van der Waals surface area contributed by atoms with E-state index in [1.54, 1.807) is 17.1 Å². The number of hydrogen-bond donors (Lipinski definition) is 2. The zero-order chi connectivity index (χ0) is 14.7. The first-order chi connectivity index (χ1) is 10.2. The molecule has 2 N–H and O–H groups in total. The molecule has 1 amide bonds. The minimum absolute atomic E-state index is 0.00523. The van der Waals surface area contributed by atoms with Crippen LogP contribution in [-0.2, 0) is 0 Å². The molecule has 1 aliphatic heterocycles. The van der Waals surface area contributed by atoms with E-state index in [1.165, 1.54) is 17.5 Å². The fraction of sp³-hybridized carbons (Fsp3) is 0.385. The van der Waals surface area contributed by atoms with Crippen LogP contribution in [0.5, 0.6) is 0 Å². The molecule has 0 radical (unpaired) electrons. The van der Waals surface area contributed by atoms with Gasteiger partial charge in [0.25, 0.3) is 11.5 Å². The second kappa shape index (κ2) is 6.04. The van der Waals surface area contributed by atoms with E-state index in [0.717, 1.165) is 19.4 Å². The molecule has 0 aliphatic carbocycles. The molecule has 0 bridgehead atoms. The molecule has 1 saturated heterocycles. The zero-order valence-corrected chi connectivity index (χ0v) is 12.1. The Hall–Kier alpha value is -2.22. The van der Waals surface area contributed by atoms with E-state index in [4.69, 9.17) is 0 Å². The van der Waals surface area contributed by atoms with Crippen LogP contribution in [0.4, 0.5) is 5.82 Å². The lowest BCUT2D eigenvalue weighted by atomic mass is 10.1. The van der Waals surface area contributed by atoms with Crippen molar-refractivity contribution in [3.8, 4) is 0 Å². The van der Waals surface area contributed by atoms with E-state index in [1.807, 2.05) is 4.90 Å². The van der Waals surface area contributed by atoms with Gasteiger partial charge in [-0.25, -0.2) is 9.97 Å². The monoisotopic (exact) mass is 305 g/mol. The number of anilines is 1. The third-order valence-electron chi connectivity index (χ3n) is 3.41. The van der Waals surface area contributed by atoms with E-state index in [0.29, 0.717) is 18.1 Å². The number of H-pyrrole nitrogens is 1. The second-order valence-corrected chi connectivity index (χ2v) is 5.59. The van der Waals surface area contributed by atoms with E-state index in [2.05, 4.69) is 20.3 Å². The first-order valence-electron chi connectivity index (χ1n) is 6.72. The number of carbonyl (C=O) groups excluding carboxylic acids is 1. The molecule has 110 valence electrons. The molecule has 1 atom stereocenters. The quantitative estimate of drug-likeness (QED) is 0.867. The molecule has 0 saturated carbocycles. The molecule has 21 heavy (non-hydrogen) atoms. The van der Waals surface area contributed by atoms with Crippen LogP contribution in [0.15, 0.2) is 28.1 Å². The molecular weight excluding hydrogens is 290 g/mol. The smallest absolute Gasteiger partial charge is 0.290 e. The molecule has 1 unspecified atom stereocenters. The molecule has 7 nitrogen and oxygen atoms in total. The van der Waals surface area contributed by atoms with Gasteiger partial charge in [0.2, 0.25) is 0 Å². The summed E-state index contributed by atoms with van der Waals surface area (Å²) >= 11 is 1.39. The Kier molecular flexibility index (Phi) is 3.96. The van der Waals surface area contributed by atoms with Gasteiger partial charge in [0.1, 0.15) is 5.69 Å². The SMILES string of the molecule is O=C(NC1CCCN(c2ncc[nH]c2=O)C1)c1cscn1. The van der Waals surface area contributed by atoms with E-state index in [9.17, 15) is 9.59 Å². The van der Waals surface area contributed by atoms with Crippen LogP contribution in [0.3, 0.4) is 0 Å². The molecule has 1 fully saturated rings. The van der Waals surface area contributed by atoms with Crippen molar-refractivity contribution in [1.29, 1.82) is 0 Å². The van der Waals surface area contributed by atoms with Gasteiger partial charge in [-0.15, -0.1) is 11.3 Å². The van der Waals surface area contributed by atoms with Crippen molar-refractivity contribution >= 4 is 23.1 Å². The maximum Gasteiger partial charge on any atom is 0.290 e. The summed E-state index contributed by atoms with van der Waals surface area (Å²) in [4.78, 5) is 36.4. The maximum atomic E-state index is 12.0. The summed E-state index contributed by atoms with van der Waals surface area (Å²) in [6.07, 6.45) is 4.86. The molecule has 2 aromatic heterocycles. The van der Waals surface area contributed by atoms with Crippen molar-refractivity contribution in [3.05, 3.63) is 39.3 Å². The highest BCUT2D eigenvalue weighted by atomic mass is 32.1. The predicted molar refractivity (Wildman–Crippen MR) is 79.7 cm³/mol. The Morgan fingerprint density at radius 3 is 3.14 bits per heavy atom. The van der Waals surface area contributed by atoms with E-state index >= 15 is 0 Å². The standard InChI is InChI=1S/C13H15N5O2S/c19-12(10-7-21-8-16-10)17-9-2-1-5-18(6-9)11-13(20)15-4-3-14-11/h3-4,7-9H,1-2,5-6H2,(H,15,20)(H,17,19). The van der Waals surface area contributed by atoms with E-state index < -0.39 is 0 Å². The zero-order valence-electron chi connectivity index (χ0n) is 11.3. The Bertz CT molecular complexity index is 669. The normalized spacial score (nSPS) is 18.5. The van der Waals surface area contributed by atoms with Gasteiger partial charge in [-0.1, -0.05) is 0 Å². The van der Waals surface area contributed by atoms with Crippen LogP contribution in [0.2, 0.25) is 0 Å². The predicted octanol–water partition coefficient (Wildman–Crippen LogP) is 0.625. The van der Waals surface area contributed by atoms with Crippen LogP contribution in [-0.4, -0.2) is 40.0 Å². The van der Waals surface area contributed by atoms with Gasteiger partial charge in [-0.3, -0.25) is 9.59 Å². The summed E-state index contributed by atoms with van der Waals surface area (Å²) in [5, 5.41) is 4.69. The summed E-state index contributed by atoms with van der Waals surface area (Å²) < 4.78 is 0. The van der Waals surface area contributed by atoms with Crippen molar-refractivity contribution in [2.24, 2.45) is 0 Å². The molecular formula is C13H15N5O2S. The first-order valence-corrected chi connectivity index (χ1v) is 7.66. The van der Waals surface area contributed by atoms with Crippen LogP contribution in [0.25, 0.3) is 0 Å². The maximum absolute atomic E-state index is 12.0. The number of amides is 1. The lowest BCUT2D eigenvalue weighted by Crippen LogP contribution is -2.49. The number of aromatic nitrogens is 3. The van der Waals surface area contributed by atoms with Gasteiger partial charge < -0.3 is 15.2 Å². The minimum Gasteiger partial charge on any atom is -0.350 e. The second-order valence-electron chi connectivity index (χ2n) is 4.87. The summed E-state index contributed by atoms with van der Waals surface area (Å²) in [7, 11) is 0. The number of hydrogen-bond acceptors (Lipinski definition) is 6. The van der Waals surface area contributed by atoms with Crippen LogP contribution >= 0.6 is 11.3 Å². The summed E-state index contributed by atoms with van der Waals surface area (Å²) in [6, 6.07) is -0.00523. The Morgan fingerprint density at radius 1 is 1.48 bits per heavy atom. The van der Waals surface area contributed by atoms with Crippen molar-refractivity contribution in [2.75, 3.05) is 18.0 Å². The van der Waals surface area contributed by atoms with Gasteiger partial charge in [0.15, 0.2) is 5.82 Å². The molecule has 8 heteroatoms. The largest absolute Gasteiger partial charge is 0.350 e. The van der Waals surface area contributed by atoms with Gasteiger partial charge in [-0.2, -0.15) is 0 Å². The van der Waals surface area contributed by atoms with Crippen molar-refractivity contribution in [1.82, 2.24) is 20.3 Å². The number of thiazole rings is 1. The fourth-order valence-corrected chi connectivity index (χ4v) is 2.97. The van der Waals surface area contributed by atoms with Gasteiger partial charge >= 0.3 is 0 Å². The average Bonchev–Trinajstić information content (AvgIpc) is 3.02. The highest BCUT2D eigenvalue weighted by molar-refractivity contribution is 7.07. The average molecular weight is 305 g/mol. The summed E-state index contributed by atoms with van der Waals surface area (Å²) in [5.41, 5.74) is 1.87. The third kappa shape index (κ3) is 3.10. The fourth-order valence-electron chi connectivity index (χ4n) is 2.44. The summed E-state index contributed by atoms with van der Waals surface area (Å²) in [6.45, 7) is 1.35. The Labute approximate surface area is 125 Å². The van der Waals surface area contributed by atoms with Gasteiger partial charge in [0, 0.05) is 36.9 Å². The topological polar surface area (TPSA) is 91.0 Å². The molecule has 0 aromatic carbocycles. The van der Waals surface area contributed by atoms with E-state index in [-0.39, 0.29) is 17.5 Å². The number of carbonyl (C=O) groups is 1. The Morgan fingerprint density at radius 2 is 2.38 bits per heavy atom. The summed E-state index contributed by atoms with van der Waals surface area (Å²) in [5.74, 6) is 0.239. The number of rotatable bonds is 3. The minimum atomic E-state index is -0.205. The van der Waals surface area contributed by atoms with Crippen LogP contribution < -0.4 is 15.8 Å². The number of piperidine rings is 1. The highest BCUT2D eigenvalue weighted by Crippen LogP contribution is 2.14. The van der Waals surface area contributed by atoms with Gasteiger partial charge in [-0.05, 0) is 12.8 Å². The van der Waals surface area contributed by atoms with Crippen molar-refractivity contribution in [2.45, 2.75) is 18.9 Å². The molecule has 0 spiro atoms. The lowest BCUT2D eigenvalue weighted by molar-refractivity contribution is 0.0928. The Balaban J connectivity index is 1.68.